The molecule has 608 valence electrons. The summed E-state index contributed by atoms with van der Waals surface area (Å²) >= 11 is 6.26. The summed E-state index contributed by atoms with van der Waals surface area (Å²) in [5, 5.41) is 60.9. The molecule has 1 fully saturated rings. The molecule has 5 aromatic rings. The molecule has 0 bridgehead atoms. The van der Waals surface area contributed by atoms with Crippen LogP contribution in [0.4, 0.5) is 0 Å². The monoisotopic (exact) mass is 1570 g/mol. The molecule has 4 aromatic carbocycles. The van der Waals surface area contributed by atoms with Gasteiger partial charge in [0.05, 0.1) is 6.61 Å². The van der Waals surface area contributed by atoms with Gasteiger partial charge in [0.15, 0.2) is 11.9 Å². The molecule has 1 aliphatic rings. The van der Waals surface area contributed by atoms with Crippen LogP contribution in [0.15, 0.2) is 126 Å². The third-order valence-electron chi connectivity index (χ3n) is 18.5. The number of benzene rings is 4. The maximum absolute atomic E-state index is 15.2. The summed E-state index contributed by atoms with van der Waals surface area (Å²) in [5.74, 6) is -7.72. The molecular formula is C80H113ClN18O13. The number of fused-ring (bicyclic) bond motifs is 1. The highest BCUT2D eigenvalue weighted by Gasteiger charge is 2.40. The molecule has 31 nitrogen and oxygen atoms in total. The van der Waals surface area contributed by atoms with Crippen molar-refractivity contribution in [1.82, 2.24) is 79.0 Å². The number of hydrogen-bond acceptors (Lipinski definition) is 16. The number of nitrogens with one attached hydrogen (secondary N) is 13. The van der Waals surface area contributed by atoms with E-state index in [0.717, 1.165) is 10.8 Å². The average Bonchev–Trinajstić information content (AvgIpc) is 1.06. The minimum Gasteiger partial charge on any atom is -0.508 e. The van der Waals surface area contributed by atoms with Gasteiger partial charge in [-0.25, -0.2) is 0 Å². The number of hydrogen-bond donors (Lipinski definition) is 16. The first-order valence-corrected chi connectivity index (χ1v) is 38.9. The second kappa shape index (κ2) is 47.3. The van der Waals surface area contributed by atoms with Crippen LogP contribution in [-0.2, 0) is 78.4 Å². The summed E-state index contributed by atoms with van der Waals surface area (Å²) in [6.07, 6.45) is 4.77. The van der Waals surface area contributed by atoms with Crippen molar-refractivity contribution in [2.45, 2.75) is 199 Å². The molecule has 1 unspecified atom stereocenters. The summed E-state index contributed by atoms with van der Waals surface area (Å²) < 4.78 is 0. The molecule has 1 aliphatic heterocycles. The normalized spacial score (nSPS) is 14.8. The Morgan fingerprint density at radius 3 is 1.47 bits per heavy atom. The van der Waals surface area contributed by atoms with Gasteiger partial charge >= 0.3 is 0 Å². The Morgan fingerprint density at radius 1 is 0.518 bits per heavy atom. The molecule has 32 heteroatoms. The molecule has 1 aromatic heterocycles. The maximum Gasteiger partial charge on any atom is 0.245 e. The number of aliphatic hydroxyl groups is 1. The Bertz CT molecular complexity index is 3970. The van der Waals surface area contributed by atoms with Crippen LogP contribution in [0, 0.1) is 5.92 Å². The van der Waals surface area contributed by atoms with Crippen LogP contribution in [0.2, 0.25) is 5.02 Å². The number of rotatable bonds is 44. The third kappa shape index (κ3) is 30.4. The molecular weight excluding hydrogens is 1460 g/mol. The highest BCUT2D eigenvalue weighted by atomic mass is 35.5. The highest BCUT2D eigenvalue weighted by molar-refractivity contribution is 6.30. The Balaban J connectivity index is 1.29. The number of aliphatic imine (C=N–C) groups is 2. The van der Waals surface area contributed by atoms with Gasteiger partial charge in [-0.3, -0.25) is 67.7 Å². The molecule has 11 amide bonds. The number of phenolic OH excluding ortho intramolecular Hbond substituents is 1. The van der Waals surface area contributed by atoms with Crippen molar-refractivity contribution >= 4 is 99.3 Å². The number of amides is 11. The average molecular weight is 1570 g/mol. The summed E-state index contributed by atoms with van der Waals surface area (Å²) in [4.78, 5) is 172. The number of aromatic hydroxyl groups is 1. The highest BCUT2D eigenvalue weighted by Crippen LogP contribution is 2.23. The van der Waals surface area contributed by atoms with Gasteiger partial charge < -0.3 is 90.0 Å². The van der Waals surface area contributed by atoms with Crippen molar-refractivity contribution in [3.8, 4) is 5.75 Å². The summed E-state index contributed by atoms with van der Waals surface area (Å²) in [5.41, 5.74) is 7.61. The van der Waals surface area contributed by atoms with E-state index in [1.165, 1.54) is 55.4 Å². The molecule has 0 aliphatic carbocycles. The van der Waals surface area contributed by atoms with Crippen LogP contribution >= 0.6 is 11.6 Å². The number of aliphatic hydroxyl groups excluding tert-OH is 1. The van der Waals surface area contributed by atoms with Crippen LogP contribution in [0.1, 0.15) is 135 Å². The predicted molar refractivity (Wildman–Crippen MR) is 429 cm³/mol. The third-order valence-corrected chi connectivity index (χ3v) is 18.7. The van der Waals surface area contributed by atoms with Crippen LogP contribution in [0.3, 0.4) is 0 Å². The van der Waals surface area contributed by atoms with Crippen molar-refractivity contribution < 1.29 is 63.0 Å². The minimum absolute atomic E-state index is 0.0365. The number of primary amides is 1. The van der Waals surface area contributed by atoms with Gasteiger partial charge in [0.1, 0.15) is 66.2 Å². The van der Waals surface area contributed by atoms with Crippen molar-refractivity contribution in [3.05, 3.63) is 143 Å². The molecule has 0 spiro atoms. The van der Waals surface area contributed by atoms with E-state index in [2.05, 4.69) is 84.1 Å². The topological polar surface area (TPSA) is 451 Å². The number of carbonyl (C=O) groups is 11. The second-order valence-electron chi connectivity index (χ2n) is 28.0. The standard InChI is InChI=1S/C80H113ClN18O13/c1-9-84-79(85-10-2)88-38-17-15-24-60(70(104)94-62(41-49(5)6)71(105)93-61(25-16-18-39-89-80(86-11-3)87-12-4)78(112)99-40-20-26-68(99)77(111)90-50(7)69(82)103)92-73(107)64(44-53-30-35-59(102)36-31-53)97-76(110)67(48-100)98-75(109)66(46-55-21-19-37-83-47-55)96-74(108)65(43-52-28-33-58(81)34-29-52)95-72(106)63(91-51(8)101)45-54-27-32-56-22-13-14-23-57(56)42-54/h13-14,19,21-23,27-37,42,47,49-50,60-68,100,102H,9-12,15-18,20,24-26,38-41,43-46,48H2,1-8H3,(H2,82,103)(H,90,111)(H,91,101)(H,92,107)(H,93,105)(H,94,104)(H,95,106)(H,96,108)(H,97,110)(H,98,109)(H2,84,85,88)(H2,86,87,89)/t50-,60-,61+,62+,63-,64-,65-,66-,67+,68?/m1/s1. The van der Waals surface area contributed by atoms with Crippen molar-refractivity contribution in [3.63, 3.8) is 0 Å². The van der Waals surface area contributed by atoms with Crippen molar-refractivity contribution in [1.29, 1.82) is 0 Å². The molecule has 1 saturated heterocycles. The number of halogens is 1. The minimum atomic E-state index is -1.82. The van der Waals surface area contributed by atoms with E-state index in [-0.39, 0.29) is 76.0 Å². The first-order valence-electron chi connectivity index (χ1n) is 38.6. The number of guanidine groups is 2. The summed E-state index contributed by atoms with van der Waals surface area (Å²) in [6, 6.07) is 15.3. The van der Waals surface area contributed by atoms with Gasteiger partial charge in [-0.2, -0.15) is 0 Å². The van der Waals surface area contributed by atoms with E-state index in [9.17, 15) is 53.4 Å². The molecule has 17 N–H and O–H groups in total. The van der Waals surface area contributed by atoms with Crippen LogP contribution in [0.25, 0.3) is 10.8 Å². The number of carbonyl (C=O) groups excluding carboxylic acids is 11. The Morgan fingerprint density at radius 2 is 0.964 bits per heavy atom. The molecule has 2 heterocycles. The van der Waals surface area contributed by atoms with Gasteiger partial charge in [0.25, 0.3) is 0 Å². The maximum atomic E-state index is 15.2. The summed E-state index contributed by atoms with van der Waals surface area (Å²) in [6.45, 7) is 16.3. The van der Waals surface area contributed by atoms with E-state index >= 15 is 9.59 Å². The number of unbranched alkanes of at least 4 members (excludes halogenated alkanes) is 2. The molecule has 6 rings (SSSR count). The summed E-state index contributed by atoms with van der Waals surface area (Å²) in [7, 11) is 0. The van der Waals surface area contributed by atoms with Crippen molar-refractivity contribution in [2.24, 2.45) is 21.6 Å². The zero-order valence-corrected chi connectivity index (χ0v) is 66.1. The first-order chi connectivity index (χ1) is 53.7. The Labute approximate surface area is 660 Å². The lowest BCUT2D eigenvalue weighted by Crippen LogP contribution is -2.61. The number of pyridine rings is 1. The molecule has 0 radical (unpaired) electrons. The molecule has 112 heavy (non-hydrogen) atoms. The molecule has 10 atom stereocenters. The van der Waals surface area contributed by atoms with E-state index < -0.39 is 132 Å². The number of aromatic nitrogens is 1. The predicted octanol–water partition coefficient (Wildman–Crippen LogP) is 2.27. The van der Waals surface area contributed by atoms with Crippen LogP contribution in [-0.4, -0.2) is 210 Å². The van der Waals surface area contributed by atoms with E-state index in [4.69, 9.17) is 17.3 Å². The number of phenols is 1. The lowest BCUT2D eigenvalue weighted by molar-refractivity contribution is -0.142. The fourth-order valence-corrected chi connectivity index (χ4v) is 12.8. The smallest absolute Gasteiger partial charge is 0.245 e. The van der Waals surface area contributed by atoms with Gasteiger partial charge in [-0.05, 0) is 162 Å². The van der Waals surface area contributed by atoms with E-state index in [1.54, 1.807) is 36.4 Å². The second-order valence-corrected chi connectivity index (χ2v) is 28.5. The first kappa shape index (κ1) is 89.9. The van der Waals surface area contributed by atoms with Gasteiger partial charge in [0, 0.05) is 95.8 Å². The largest absolute Gasteiger partial charge is 0.508 e. The van der Waals surface area contributed by atoms with Crippen LogP contribution < -0.4 is 74.9 Å². The van der Waals surface area contributed by atoms with E-state index in [1.807, 2.05) is 84.0 Å². The Kier molecular flexibility index (Phi) is 38.0. The molecule has 0 saturated carbocycles. The Hall–Kier alpha value is -10.9. The van der Waals surface area contributed by atoms with Crippen LogP contribution in [0.5, 0.6) is 5.75 Å². The number of likely N-dealkylation sites (tertiary alicyclic amines) is 1. The fourth-order valence-electron chi connectivity index (χ4n) is 12.7. The zero-order valence-electron chi connectivity index (χ0n) is 65.3. The van der Waals surface area contributed by atoms with E-state index in [0.29, 0.717) is 104 Å². The number of nitrogens with two attached hydrogens (primary N) is 1. The zero-order chi connectivity index (χ0) is 81.7. The number of nitrogens with zero attached hydrogens (tertiary/aromatic N) is 4. The van der Waals surface area contributed by atoms with Gasteiger partial charge in [-0.15, -0.1) is 0 Å². The van der Waals surface area contributed by atoms with Crippen molar-refractivity contribution in [2.75, 3.05) is 52.4 Å². The SMILES string of the molecule is CCNC(=NCCCC[C@H](NC(=O)[C@H](CC(C)C)NC(=O)[C@@H](CCCCN=C(NCC)NCC)NC(=O)[C@@H](Cc1ccc(O)cc1)NC(=O)[C@H](CO)NC(=O)[C@@H](Cc1cccnc1)NC(=O)[C@@H](Cc1ccc(Cl)cc1)NC(=O)[C@@H](Cc1ccc2ccccc2c1)NC(C)=O)C(=O)N1CCCC1C(=O)N[C@H](C)C(N)=O)NCC. The van der Waals surface area contributed by atoms with Gasteiger partial charge in [0.2, 0.25) is 65.0 Å². The fraction of sp³-hybridized carbons (Fsp3) is 0.500. The lowest BCUT2D eigenvalue weighted by Gasteiger charge is -2.31. The lowest BCUT2D eigenvalue weighted by atomic mass is 9.99. The quantitative estimate of drug-likeness (QED) is 0.0151. The van der Waals surface area contributed by atoms with Gasteiger partial charge in [-0.1, -0.05) is 98.2 Å².